The highest BCUT2D eigenvalue weighted by Gasteiger charge is 2.20. The van der Waals surface area contributed by atoms with E-state index in [1.165, 1.54) is 0 Å². The van der Waals surface area contributed by atoms with Crippen molar-refractivity contribution in [3.8, 4) is 0 Å². The largest absolute Gasteiger partial charge is 0.346 e. The van der Waals surface area contributed by atoms with Crippen LogP contribution in [-0.2, 0) is 4.74 Å². The highest BCUT2D eigenvalue weighted by atomic mass is 19.1. The summed E-state index contributed by atoms with van der Waals surface area (Å²) < 4.78 is 17.3. The van der Waals surface area contributed by atoms with Gasteiger partial charge in [-0.3, -0.25) is 4.90 Å². The second-order valence-corrected chi connectivity index (χ2v) is 2.87. The minimum atomic E-state index is -1.07. The summed E-state index contributed by atoms with van der Waals surface area (Å²) in [6, 6.07) is 0.433. The number of rotatable bonds is 1. The number of hydrogen-bond donors (Lipinski definition) is 0. The van der Waals surface area contributed by atoms with Crippen LogP contribution in [0.1, 0.15) is 13.8 Å². The van der Waals surface area contributed by atoms with Gasteiger partial charge in [0.05, 0.1) is 13.2 Å². The van der Waals surface area contributed by atoms with Gasteiger partial charge in [0, 0.05) is 12.6 Å². The first-order valence-electron chi connectivity index (χ1n) is 3.70. The van der Waals surface area contributed by atoms with Gasteiger partial charge >= 0.3 is 0 Å². The van der Waals surface area contributed by atoms with Gasteiger partial charge in [0.1, 0.15) is 0 Å². The van der Waals surface area contributed by atoms with E-state index < -0.39 is 6.36 Å². The molecule has 0 aromatic rings. The van der Waals surface area contributed by atoms with Crippen molar-refractivity contribution in [1.29, 1.82) is 0 Å². The van der Waals surface area contributed by atoms with Crippen molar-refractivity contribution in [1.82, 2.24) is 4.90 Å². The quantitative estimate of drug-likeness (QED) is 0.549. The maximum Gasteiger partial charge on any atom is 0.211 e. The maximum absolute atomic E-state index is 12.5. The Hall–Kier alpha value is -0.150. The summed E-state index contributed by atoms with van der Waals surface area (Å²) >= 11 is 0. The fourth-order valence-electron chi connectivity index (χ4n) is 1.10. The number of morpholine rings is 1. The van der Waals surface area contributed by atoms with Crippen molar-refractivity contribution < 1.29 is 9.13 Å². The van der Waals surface area contributed by atoms with Gasteiger partial charge in [-0.05, 0) is 13.8 Å². The Kier molecular flexibility index (Phi) is 2.63. The first kappa shape index (κ1) is 7.95. The van der Waals surface area contributed by atoms with Gasteiger partial charge < -0.3 is 4.74 Å². The standard InChI is InChI=1S/C7H14FNO/c1-6(2)9-3-4-10-7(8)5-9/h6-7H,3-5H2,1-2H3. The summed E-state index contributed by atoms with van der Waals surface area (Å²) in [4.78, 5) is 2.08. The average Bonchev–Trinajstić information content (AvgIpc) is 1.88. The zero-order chi connectivity index (χ0) is 7.56. The molecule has 1 aliphatic rings. The second-order valence-electron chi connectivity index (χ2n) is 2.87. The van der Waals surface area contributed by atoms with Gasteiger partial charge in [0.15, 0.2) is 0 Å². The molecule has 0 N–H and O–H groups in total. The zero-order valence-electron chi connectivity index (χ0n) is 6.51. The van der Waals surface area contributed by atoms with Crippen LogP contribution in [0, 0.1) is 0 Å². The van der Waals surface area contributed by atoms with Crippen molar-refractivity contribution in [3.63, 3.8) is 0 Å². The highest BCUT2D eigenvalue weighted by Crippen LogP contribution is 2.08. The molecular formula is C7H14FNO. The summed E-state index contributed by atoms with van der Waals surface area (Å²) in [7, 11) is 0. The number of ether oxygens (including phenoxy) is 1. The van der Waals surface area contributed by atoms with E-state index in [0.717, 1.165) is 6.54 Å². The van der Waals surface area contributed by atoms with Crippen LogP contribution in [0.15, 0.2) is 0 Å². The number of alkyl halides is 1. The van der Waals surface area contributed by atoms with Crippen molar-refractivity contribution in [2.45, 2.75) is 26.2 Å². The Morgan fingerprint density at radius 3 is 2.70 bits per heavy atom. The number of halogens is 1. The van der Waals surface area contributed by atoms with Crippen molar-refractivity contribution in [2.24, 2.45) is 0 Å². The Bertz CT molecular complexity index is 108. The molecule has 3 heteroatoms. The molecule has 60 valence electrons. The molecule has 1 unspecified atom stereocenters. The molecule has 0 radical (unpaired) electrons. The maximum atomic E-state index is 12.5. The van der Waals surface area contributed by atoms with E-state index in [1.54, 1.807) is 0 Å². The summed E-state index contributed by atoms with van der Waals surface area (Å²) in [5, 5.41) is 0. The third-order valence-electron chi connectivity index (χ3n) is 1.79. The van der Waals surface area contributed by atoms with Crippen LogP contribution in [0.2, 0.25) is 0 Å². The lowest BCUT2D eigenvalue weighted by Crippen LogP contribution is -2.44. The first-order valence-corrected chi connectivity index (χ1v) is 3.70. The molecule has 0 spiro atoms. The lowest BCUT2D eigenvalue weighted by molar-refractivity contribution is -0.105. The zero-order valence-corrected chi connectivity index (χ0v) is 6.51. The fraction of sp³-hybridized carbons (Fsp3) is 1.00. The minimum Gasteiger partial charge on any atom is -0.346 e. The Morgan fingerprint density at radius 1 is 1.60 bits per heavy atom. The molecular weight excluding hydrogens is 133 g/mol. The normalized spacial score (nSPS) is 29.4. The topological polar surface area (TPSA) is 12.5 Å². The average molecular weight is 147 g/mol. The lowest BCUT2D eigenvalue weighted by Gasteiger charge is -2.31. The van der Waals surface area contributed by atoms with Crippen LogP contribution in [0.3, 0.4) is 0 Å². The van der Waals surface area contributed by atoms with Crippen LogP contribution >= 0.6 is 0 Å². The Labute approximate surface area is 61.0 Å². The monoisotopic (exact) mass is 147 g/mol. The molecule has 1 rings (SSSR count). The molecule has 0 saturated carbocycles. The molecule has 10 heavy (non-hydrogen) atoms. The molecule has 1 aliphatic heterocycles. The van der Waals surface area contributed by atoms with Crippen molar-refractivity contribution in [2.75, 3.05) is 19.7 Å². The molecule has 1 atom stereocenters. The van der Waals surface area contributed by atoms with E-state index >= 15 is 0 Å². The molecule has 0 bridgehead atoms. The van der Waals surface area contributed by atoms with Crippen LogP contribution in [-0.4, -0.2) is 37.0 Å². The molecule has 2 nitrogen and oxygen atoms in total. The third kappa shape index (κ3) is 1.92. The summed E-state index contributed by atoms with van der Waals surface area (Å²) in [5.41, 5.74) is 0. The Balaban J connectivity index is 2.32. The fourth-order valence-corrected chi connectivity index (χ4v) is 1.10. The van der Waals surface area contributed by atoms with E-state index in [0.29, 0.717) is 19.2 Å². The van der Waals surface area contributed by atoms with E-state index in [-0.39, 0.29) is 0 Å². The third-order valence-corrected chi connectivity index (χ3v) is 1.79. The van der Waals surface area contributed by atoms with Crippen LogP contribution in [0.25, 0.3) is 0 Å². The van der Waals surface area contributed by atoms with Crippen LogP contribution in [0.5, 0.6) is 0 Å². The Morgan fingerprint density at radius 2 is 2.30 bits per heavy atom. The molecule has 1 heterocycles. The smallest absolute Gasteiger partial charge is 0.211 e. The summed E-state index contributed by atoms with van der Waals surface area (Å²) in [6.07, 6.45) is -1.07. The first-order chi connectivity index (χ1) is 4.70. The van der Waals surface area contributed by atoms with Crippen LogP contribution in [0.4, 0.5) is 4.39 Å². The summed E-state index contributed by atoms with van der Waals surface area (Å²) in [5.74, 6) is 0. The SMILES string of the molecule is CC(C)N1CCOC(F)C1. The summed E-state index contributed by atoms with van der Waals surface area (Å²) in [6.45, 7) is 5.95. The molecule has 0 amide bonds. The molecule has 0 aromatic heterocycles. The molecule has 0 aromatic carbocycles. The second kappa shape index (κ2) is 3.30. The van der Waals surface area contributed by atoms with Crippen LogP contribution < -0.4 is 0 Å². The molecule has 1 saturated heterocycles. The molecule has 0 aliphatic carbocycles. The van der Waals surface area contributed by atoms with E-state index in [4.69, 9.17) is 4.74 Å². The van der Waals surface area contributed by atoms with Crippen molar-refractivity contribution >= 4 is 0 Å². The van der Waals surface area contributed by atoms with E-state index in [2.05, 4.69) is 18.7 Å². The van der Waals surface area contributed by atoms with Gasteiger partial charge in [-0.2, -0.15) is 0 Å². The number of nitrogens with zero attached hydrogens (tertiary/aromatic N) is 1. The lowest BCUT2D eigenvalue weighted by atomic mass is 10.3. The van der Waals surface area contributed by atoms with Gasteiger partial charge in [0.25, 0.3) is 0 Å². The highest BCUT2D eigenvalue weighted by molar-refractivity contribution is 4.67. The predicted molar refractivity (Wildman–Crippen MR) is 37.6 cm³/mol. The van der Waals surface area contributed by atoms with E-state index in [1.807, 2.05) is 0 Å². The van der Waals surface area contributed by atoms with Gasteiger partial charge in [-0.1, -0.05) is 0 Å². The predicted octanol–water partition coefficient (Wildman–Crippen LogP) is 1.02. The van der Waals surface area contributed by atoms with Crippen molar-refractivity contribution in [3.05, 3.63) is 0 Å². The minimum absolute atomic E-state index is 0.428. The van der Waals surface area contributed by atoms with E-state index in [9.17, 15) is 4.39 Å². The van der Waals surface area contributed by atoms with Gasteiger partial charge in [-0.25, -0.2) is 4.39 Å². The molecule has 1 fully saturated rings. The van der Waals surface area contributed by atoms with Gasteiger partial charge in [0.2, 0.25) is 6.36 Å². The number of hydrogen-bond acceptors (Lipinski definition) is 2. The van der Waals surface area contributed by atoms with Gasteiger partial charge in [-0.15, -0.1) is 0 Å².